The van der Waals surface area contributed by atoms with Crippen LogP contribution in [-0.4, -0.2) is 30.4 Å². The molecule has 5 nitrogen and oxygen atoms in total. The van der Waals surface area contributed by atoms with E-state index in [1.165, 1.54) is 6.92 Å². The fourth-order valence-electron chi connectivity index (χ4n) is 1.29. The van der Waals surface area contributed by atoms with Crippen molar-refractivity contribution in [3.63, 3.8) is 0 Å². The van der Waals surface area contributed by atoms with Crippen LogP contribution in [0.2, 0.25) is 0 Å². The van der Waals surface area contributed by atoms with Gasteiger partial charge in [0.2, 0.25) is 0 Å². The van der Waals surface area contributed by atoms with Crippen molar-refractivity contribution in [1.82, 2.24) is 0 Å². The normalized spacial score (nSPS) is 11.5. The molecule has 1 aromatic carbocycles. The smallest absolute Gasteiger partial charge is 0.347 e. The molecule has 0 aromatic heterocycles. The third kappa shape index (κ3) is 4.91. The van der Waals surface area contributed by atoms with Gasteiger partial charge in [0.25, 0.3) is 0 Å². The molecule has 19 heavy (non-hydrogen) atoms. The number of hydrogen-bond acceptors (Lipinski definition) is 5. The Labute approximate surface area is 111 Å². The van der Waals surface area contributed by atoms with E-state index in [-0.39, 0.29) is 18.8 Å². The van der Waals surface area contributed by atoms with E-state index in [9.17, 15) is 14.4 Å². The van der Waals surface area contributed by atoms with E-state index < -0.39 is 18.0 Å². The molecule has 1 aromatic rings. The van der Waals surface area contributed by atoms with Crippen molar-refractivity contribution in [2.75, 3.05) is 6.61 Å². The van der Waals surface area contributed by atoms with E-state index in [1.54, 1.807) is 37.3 Å². The highest BCUT2D eigenvalue weighted by Crippen LogP contribution is 2.02. The first kappa shape index (κ1) is 14.9. The molecule has 0 amide bonds. The molecule has 0 aliphatic rings. The maximum atomic E-state index is 11.7. The summed E-state index contributed by atoms with van der Waals surface area (Å²) < 4.78 is 9.57. The number of Topliss-reactive ketones (excluding diaryl/α,β-unsaturated/α-hetero) is 1. The Bertz CT molecular complexity index is 452. The summed E-state index contributed by atoms with van der Waals surface area (Å²) in [5, 5.41) is 0. The van der Waals surface area contributed by atoms with Crippen molar-refractivity contribution in [2.24, 2.45) is 0 Å². The average molecular weight is 264 g/mol. The van der Waals surface area contributed by atoms with Gasteiger partial charge in [0.05, 0.1) is 0 Å². The summed E-state index contributed by atoms with van der Waals surface area (Å²) in [6.07, 6.45) is -0.823. The van der Waals surface area contributed by atoms with E-state index >= 15 is 0 Å². The number of benzene rings is 1. The third-order valence-electron chi connectivity index (χ3n) is 2.37. The number of ketones is 1. The number of rotatable bonds is 6. The summed E-state index contributed by atoms with van der Waals surface area (Å²) in [5.74, 6) is -1.52. The molecule has 102 valence electrons. The van der Waals surface area contributed by atoms with Gasteiger partial charge in [-0.15, -0.1) is 0 Å². The second kappa shape index (κ2) is 7.31. The summed E-state index contributed by atoms with van der Waals surface area (Å²) in [6.45, 7) is 2.67. The maximum absolute atomic E-state index is 11.7. The molecule has 0 aliphatic carbocycles. The number of ether oxygens (including phenoxy) is 2. The fourth-order valence-corrected chi connectivity index (χ4v) is 1.29. The van der Waals surface area contributed by atoms with Crippen molar-refractivity contribution in [1.29, 1.82) is 0 Å². The second-order valence-corrected chi connectivity index (χ2v) is 3.88. The lowest BCUT2D eigenvalue weighted by Crippen LogP contribution is -2.27. The van der Waals surface area contributed by atoms with E-state index in [4.69, 9.17) is 9.47 Å². The van der Waals surface area contributed by atoms with E-state index in [1.807, 2.05) is 0 Å². The molecule has 0 fully saturated rings. The Balaban J connectivity index is 2.42. The highest BCUT2D eigenvalue weighted by atomic mass is 16.6. The number of esters is 2. The Morgan fingerprint density at radius 3 is 2.37 bits per heavy atom. The van der Waals surface area contributed by atoms with Gasteiger partial charge in [-0.2, -0.15) is 0 Å². The molecule has 0 unspecified atom stereocenters. The number of carbonyl (C=O) groups is 3. The molecule has 5 heteroatoms. The maximum Gasteiger partial charge on any atom is 0.347 e. The van der Waals surface area contributed by atoms with Crippen molar-refractivity contribution >= 4 is 17.7 Å². The summed E-state index contributed by atoms with van der Waals surface area (Å²) in [7, 11) is 0. The lowest BCUT2D eigenvalue weighted by molar-refractivity contribution is -0.165. The van der Waals surface area contributed by atoms with Gasteiger partial charge in [-0.05, 0) is 6.92 Å². The summed E-state index contributed by atoms with van der Waals surface area (Å²) >= 11 is 0. The van der Waals surface area contributed by atoms with Gasteiger partial charge < -0.3 is 9.47 Å². The van der Waals surface area contributed by atoms with Crippen molar-refractivity contribution in [2.45, 2.75) is 26.4 Å². The average Bonchev–Trinajstić information content (AvgIpc) is 2.44. The molecule has 0 saturated heterocycles. The topological polar surface area (TPSA) is 69.7 Å². The zero-order chi connectivity index (χ0) is 14.3. The van der Waals surface area contributed by atoms with Crippen molar-refractivity contribution in [3.8, 4) is 0 Å². The van der Waals surface area contributed by atoms with Crippen LogP contribution in [-0.2, 0) is 19.1 Å². The van der Waals surface area contributed by atoms with Gasteiger partial charge in [-0.1, -0.05) is 37.3 Å². The highest BCUT2D eigenvalue weighted by Gasteiger charge is 2.19. The van der Waals surface area contributed by atoms with Crippen LogP contribution in [0, 0.1) is 0 Å². The van der Waals surface area contributed by atoms with Crippen LogP contribution in [0.4, 0.5) is 0 Å². The first-order valence-corrected chi connectivity index (χ1v) is 5.99. The summed E-state index contributed by atoms with van der Waals surface area (Å²) in [4.78, 5) is 34.1. The lowest BCUT2D eigenvalue weighted by atomic mass is 10.1. The van der Waals surface area contributed by atoms with Crippen LogP contribution in [0.1, 0.15) is 30.6 Å². The van der Waals surface area contributed by atoms with Gasteiger partial charge in [-0.25, -0.2) is 4.79 Å². The number of hydrogen-bond donors (Lipinski definition) is 0. The molecular weight excluding hydrogens is 248 g/mol. The van der Waals surface area contributed by atoms with Crippen molar-refractivity contribution < 1.29 is 23.9 Å². The molecule has 0 N–H and O–H groups in total. The second-order valence-electron chi connectivity index (χ2n) is 3.88. The van der Waals surface area contributed by atoms with Crippen LogP contribution >= 0.6 is 0 Å². The minimum absolute atomic E-state index is 0.181. The molecule has 0 radical (unpaired) electrons. The van der Waals surface area contributed by atoms with Gasteiger partial charge in [0, 0.05) is 12.0 Å². The molecule has 0 saturated carbocycles. The molecular formula is C14H16O5. The van der Waals surface area contributed by atoms with E-state index in [0.717, 1.165) is 0 Å². The molecule has 1 atom stereocenters. The molecule has 0 spiro atoms. The zero-order valence-corrected chi connectivity index (χ0v) is 10.9. The molecule has 0 bridgehead atoms. The first-order chi connectivity index (χ1) is 9.04. The SMILES string of the molecule is CCC(=O)O[C@@H](C)C(=O)OCC(=O)c1ccccc1. The Kier molecular flexibility index (Phi) is 5.73. The van der Waals surface area contributed by atoms with Gasteiger partial charge in [-0.3, -0.25) is 9.59 Å². The predicted octanol–water partition coefficient (Wildman–Crippen LogP) is 1.75. The quantitative estimate of drug-likeness (QED) is 0.578. The minimum atomic E-state index is -1.00. The van der Waals surface area contributed by atoms with E-state index in [0.29, 0.717) is 5.56 Å². The summed E-state index contributed by atoms with van der Waals surface area (Å²) in [6, 6.07) is 8.50. The number of carbonyl (C=O) groups excluding carboxylic acids is 3. The van der Waals surface area contributed by atoms with Gasteiger partial charge >= 0.3 is 11.9 Å². The van der Waals surface area contributed by atoms with Crippen LogP contribution in [0.5, 0.6) is 0 Å². The van der Waals surface area contributed by atoms with Crippen molar-refractivity contribution in [3.05, 3.63) is 35.9 Å². The molecule has 0 aliphatic heterocycles. The Morgan fingerprint density at radius 1 is 1.16 bits per heavy atom. The molecule has 1 rings (SSSR count). The minimum Gasteiger partial charge on any atom is -0.455 e. The fraction of sp³-hybridized carbons (Fsp3) is 0.357. The van der Waals surface area contributed by atoms with Crippen LogP contribution in [0.3, 0.4) is 0 Å². The van der Waals surface area contributed by atoms with Crippen LogP contribution in [0.15, 0.2) is 30.3 Å². The Hall–Kier alpha value is -2.17. The van der Waals surface area contributed by atoms with Gasteiger partial charge in [0.15, 0.2) is 18.5 Å². The first-order valence-electron chi connectivity index (χ1n) is 5.99. The van der Waals surface area contributed by atoms with E-state index in [2.05, 4.69) is 0 Å². The lowest BCUT2D eigenvalue weighted by Gasteiger charge is -2.11. The predicted molar refractivity (Wildman–Crippen MR) is 67.6 cm³/mol. The van der Waals surface area contributed by atoms with Gasteiger partial charge in [0.1, 0.15) is 0 Å². The molecule has 0 heterocycles. The summed E-state index contributed by atoms with van der Waals surface area (Å²) in [5.41, 5.74) is 0.466. The van der Waals surface area contributed by atoms with Crippen LogP contribution in [0.25, 0.3) is 0 Å². The monoisotopic (exact) mass is 264 g/mol. The Morgan fingerprint density at radius 2 is 1.79 bits per heavy atom. The highest BCUT2D eigenvalue weighted by molar-refractivity contribution is 5.98. The van der Waals surface area contributed by atoms with Crippen LogP contribution < -0.4 is 0 Å². The largest absolute Gasteiger partial charge is 0.455 e. The zero-order valence-electron chi connectivity index (χ0n) is 10.9. The standard InChI is InChI=1S/C14H16O5/c1-3-13(16)19-10(2)14(17)18-9-12(15)11-7-5-4-6-8-11/h4-8,10H,3,9H2,1-2H3/t10-/m0/s1. The third-order valence-corrected chi connectivity index (χ3v) is 2.37.